The number of nitro benzene ring substituents is 1. The molecule has 0 unspecified atom stereocenters. The standard InChI is InChI=1S/C27H25N3O6/c1-16(2)36-22-10-9-20(12-17(22)3)25(31)23-24(19-7-4-8-21(13-19)30(34)35)29(27(33)26(23)32)15-18-6-5-11-28-14-18/h4-14,16,24,31H,15H2,1-3H3/t24-/m0/s1. The number of amides is 1. The quantitative estimate of drug-likeness (QED) is 0.168. The Balaban J connectivity index is 1.86. The maximum atomic E-state index is 13.2. The van der Waals surface area contributed by atoms with Crippen LogP contribution in [0.15, 0.2) is 72.6 Å². The highest BCUT2D eigenvalue weighted by Gasteiger charge is 2.46. The molecule has 1 N–H and O–H groups in total. The minimum absolute atomic E-state index is 0.0305. The second-order valence-corrected chi connectivity index (χ2v) is 8.79. The number of pyridine rings is 1. The van der Waals surface area contributed by atoms with Crippen LogP contribution in [0.2, 0.25) is 0 Å². The number of ether oxygens (including phenoxy) is 1. The molecule has 9 heteroatoms. The van der Waals surface area contributed by atoms with E-state index in [0.29, 0.717) is 22.4 Å². The number of aliphatic hydroxyl groups excluding tert-OH is 1. The summed E-state index contributed by atoms with van der Waals surface area (Å²) in [5, 5.41) is 22.7. The van der Waals surface area contributed by atoms with Crippen molar-refractivity contribution < 1.29 is 24.4 Å². The summed E-state index contributed by atoms with van der Waals surface area (Å²) in [5.74, 6) is -1.41. The van der Waals surface area contributed by atoms with Crippen LogP contribution in [0.25, 0.3) is 5.76 Å². The molecule has 184 valence electrons. The zero-order valence-corrected chi connectivity index (χ0v) is 20.0. The van der Waals surface area contributed by atoms with Crippen molar-refractivity contribution in [2.75, 3.05) is 0 Å². The summed E-state index contributed by atoms with van der Waals surface area (Å²) >= 11 is 0. The molecular weight excluding hydrogens is 462 g/mol. The number of ketones is 1. The SMILES string of the molecule is Cc1cc(C(O)=C2C(=O)C(=O)N(Cc3cccnc3)[C@H]2c2cccc([N+](=O)[O-])c2)ccc1OC(C)C. The Morgan fingerprint density at radius 2 is 1.94 bits per heavy atom. The average Bonchev–Trinajstić information content (AvgIpc) is 3.10. The summed E-state index contributed by atoms with van der Waals surface area (Å²) in [7, 11) is 0. The van der Waals surface area contributed by atoms with Crippen LogP contribution in [0.1, 0.15) is 42.1 Å². The third-order valence-corrected chi connectivity index (χ3v) is 5.82. The fourth-order valence-corrected chi connectivity index (χ4v) is 4.22. The van der Waals surface area contributed by atoms with Crippen LogP contribution in [0.3, 0.4) is 0 Å². The molecule has 2 heterocycles. The predicted molar refractivity (Wildman–Crippen MR) is 132 cm³/mol. The molecule has 0 saturated carbocycles. The monoisotopic (exact) mass is 487 g/mol. The first-order chi connectivity index (χ1) is 17.2. The zero-order chi connectivity index (χ0) is 26.0. The number of aryl methyl sites for hydroxylation is 1. The molecule has 0 aliphatic carbocycles. The molecule has 9 nitrogen and oxygen atoms in total. The number of likely N-dealkylation sites (tertiary alicyclic amines) is 1. The molecule has 2 aromatic carbocycles. The van der Waals surface area contributed by atoms with E-state index in [0.717, 1.165) is 5.56 Å². The summed E-state index contributed by atoms with van der Waals surface area (Å²) in [4.78, 5) is 42.6. The molecule has 1 fully saturated rings. The highest BCUT2D eigenvalue weighted by atomic mass is 16.6. The lowest BCUT2D eigenvalue weighted by Gasteiger charge is -2.25. The van der Waals surface area contributed by atoms with Gasteiger partial charge in [-0.05, 0) is 61.7 Å². The van der Waals surface area contributed by atoms with Gasteiger partial charge < -0.3 is 14.7 Å². The van der Waals surface area contributed by atoms with E-state index in [1.165, 1.54) is 23.1 Å². The number of rotatable bonds is 7. The van der Waals surface area contributed by atoms with Gasteiger partial charge in [-0.15, -0.1) is 0 Å². The molecule has 0 bridgehead atoms. The molecular formula is C27H25N3O6. The number of nitro groups is 1. The summed E-state index contributed by atoms with van der Waals surface area (Å²) in [6, 6.07) is 13.1. The lowest BCUT2D eigenvalue weighted by molar-refractivity contribution is -0.384. The van der Waals surface area contributed by atoms with E-state index in [-0.39, 0.29) is 29.7 Å². The van der Waals surface area contributed by atoms with Gasteiger partial charge in [0.15, 0.2) is 0 Å². The first-order valence-corrected chi connectivity index (χ1v) is 11.4. The average molecular weight is 488 g/mol. The van der Waals surface area contributed by atoms with Gasteiger partial charge >= 0.3 is 0 Å². The lowest BCUT2D eigenvalue weighted by Crippen LogP contribution is -2.29. The van der Waals surface area contributed by atoms with Gasteiger partial charge in [-0.2, -0.15) is 0 Å². The second-order valence-electron chi connectivity index (χ2n) is 8.79. The molecule has 1 saturated heterocycles. The Morgan fingerprint density at radius 1 is 1.17 bits per heavy atom. The number of nitrogens with zero attached hydrogens (tertiary/aromatic N) is 3. The fourth-order valence-electron chi connectivity index (χ4n) is 4.22. The van der Waals surface area contributed by atoms with E-state index in [9.17, 15) is 24.8 Å². The van der Waals surface area contributed by atoms with Gasteiger partial charge in [0.2, 0.25) is 0 Å². The number of Topliss-reactive ketones (excluding diaryl/α,β-unsaturated/α-hetero) is 1. The Morgan fingerprint density at radius 3 is 2.58 bits per heavy atom. The Kier molecular flexibility index (Phi) is 6.82. The lowest BCUT2D eigenvalue weighted by atomic mass is 9.94. The number of hydrogen-bond acceptors (Lipinski definition) is 7. The van der Waals surface area contributed by atoms with E-state index in [1.807, 2.05) is 20.8 Å². The number of aliphatic hydroxyl groups is 1. The number of benzene rings is 2. The molecule has 4 rings (SSSR count). The van der Waals surface area contributed by atoms with Crippen LogP contribution >= 0.6 is 0 Å². The first-order valence-electron chi connectivity index (χ1n) is 11.4. The van der Waals surface area contributed by atoms with Crippen LogP contribution in [0.5, 0.6) is 5.75 Å². The smallest absolute Gasteiger partial charge is 0.295 e. The summed E-state index contributed by atoms with van der Waals surface area (Å²) in [6.45, 7) is 5.64. The van der Waals surface area contributed by atoms with Gasteiger partial charge in [0.05, 0.1) is 22.6 Å². The zero-order valence-electron chi connectivity index (χ0n) is 20.0. The number of aromatic nitrogens is 1. The first kappa shape index (κ1) is 24.6. The van der Waals surface area contributed by atoms with E-state index in [2.05, 4.69) is 4.98 Å². The van der Waals surface area contributed by atoms with Crippen molar-refractivity contribution in [1.29, 1.82) is 0 Å². The van der Waals surface area contributed by atoms with E-state index in [4.69, 9.17) is 4.74 Å². The van der Waals surface area contributed by atoms with Crippen LogP contribution in [-0.4, -0.2) is 37.7 Å². The number of non-ortho nitro benzene ring substituents is 1. The number of carbonyl (C=O) groups is 2. The highest BCUT2D eigenvalue weighted by molar-refractivity contribution is 6.46. The van der Waals surface area contributed by atoms with Crippen molar-refractivity contribution in [3.8, 4) is 5.75 Å². The van der Waals surface area contributed by atoms with Crippen molar-refractivity contribution in [2.24, 2.45) is 0 Å². The minimum atomic E-state index is -1.03. The van der Waals surface area contributed by atoms with Gasteiger partial charge in [-0.3, -0.25) is 24.7 Å². The van der Waals surface area contributed by atoms with Crippen molar-refractivity contribution in [1.82, 2.24) is 9.88 Å². The molecule has 1 aliphatic heterocycles. The van der Waals surface area contributed by atoms with Gasteiger partial charge in [0.1, 0.15) is 11.5 Å². The van der Waals surface area contributed by atoms with Crippen LogP contribution in [0, 0.1) is 17.0 Å². The van der Waals surface area contributed by atoms with Gasteiger partial charge in [-0.1, -0.05) is 18.2 Å². The van der Waals surface area contributed by atoms with Crippen LogP contribution in [0.4, 0.5) is 5.69 Å². The maximum Gasteiger partial charge on any atom is 0.295 e. The largest absolute Gasteiger partial charge is 0.507 e. The normalized spacial score (nSPS) is 17.0. The molecule has 0 radical (unpaired) electrons. The van der Waals surface area contributed by atoms with Crippen molar-refractivity contribution in [3.05, 3.63) is 105 Å². The molecule has 36 heavy (non-hydrogen) atoms. The van der Waals surface area contributed by atoms with E-state index in [1.54, 1.807) is 48.8 Å². The van der Waals surface area contributed by atoms with E-state index >= 15 is 0 Å². The van der Waals surface area contributed by atoms with Gasteiger partial charge in [0, 0.05) is 36.6 Å². The highest BCUT2D eigenvalue weighted by Crippen LogP contribution is 2.41. The third kappa shape index (κ3) is 4.81. The molecule has 1 atom stereocenters. The summed E-state index contributed by atoms with van der Waals surface area (Å²) in [5.41, 5.74) is 1.75. The Hall–Kier alpha value is -4.53. The van der Waals surface area contributed by atoms with Crippen LogP contribution in [-0.2, 0) is 16.1 Å². The molecule has 0 spiro atoms. The van der Waals surface area contributed by atoms with Crippen LogP contribution < -0.4 is 4.74 Å². The summed E-state index contributed by atoms with van der Waals surface area (Å²) in [6.07, 6.45) is 3.11. The maximum absolute atomic E-state index is 13.2. The number of hydrogen-bond donors (Lipinski definition) is 1. The molecule has 3 aromatic rings. The fraction of sp³-hybridized carbons (Fsp3) is 0.222. The van der Waals surface area contributed by atoms with Crippen molar-refractivity contribution in [2.45, 2.75) is 39.5 Å². The molecule has 1 aliphatic rings. The van der Waals surface area contributed by atoms with Crippen molar-refractivity contribution in [3.63, 3.8) is 0 Å². The Bertz CT molecular complexity index is 1370. The van der Waals surface area contributed by atoms with Crippen molar-refractivity contribution >= 4 is 23.1 Å². The second kappa shape index (κ2) is 9.99. The third-order valence-electron chi connectivity index (χ3n) is 5.82. The molecule has 1 amide bonds. The van der Waals surface area contributed by atoms with E-state index < -0.39 is 22.7 Å². The topological polar surface area (TPSA) is 123 Å². The summed E-state index contributed by atoms with van der Waals surface area (Å²) < 4.78 is 5.76. The van der Waals surface area contributed by atoms with Gasteiger partial charge in [0.25, 0.3) is 17.4 Å². The number of carbonyl (C=O) groups excluding carboxylic acids is 2. The van der Waals surface area contributed by atoms with Gasteiger partial charge in [-0.25, -0.2) is 0 Å². The Labute approximate surface area is 207 Å². The predicted octanol–water partition coefficient (Wildman–Crippen LogP) is 4.71. The minimum Gasteiger partial charge on any atom is -0.507 e. The molecule has 1 aromatic heterocycles.